The minimum Gasteiger partial charge on any atom is -0.294 e. The molecule has 0 fully saturated rings. The van der Waals surface area contributed by atoms with E-state index in [0.717, 1.165) is 39.1 Å². The van der Waals surface area contributed by atoms with E-state index in [-0.39, 0.29) is 0 Å². The van der Waals surface area contributed by atoms with Crippen LogP contribution in [0.5, 0.6) is 0 Å². The van der Waals surface area contributed by atoms with Gasteiger partial charge in [-0.2, -0.15) is 0 Å². The summed E-state index contributed by atoms with van der Waals surface area (Å²) in [7, 11) is 0. The van der Waals surface area contributed by atoms with Crippen molar-refractivity contribution in [3.05, 3.63) is 176 Å². The Balaban J connectivity index is 1.17. The van der Waals surface area contributed by atoms with Gasteiger partial charge in [0.1, 0.15) is 5.82 Å². The van der Waals surface area contributed by atoms with Crippen LogP contribution >= 0.6 is 0 Å². The summed E-state index contributed by atoms with van der Waals surface area (Å²) in [5.41, 5.74) is 7.22. The third-order valence-electron chi connectivity index (χ3n) is 9.70. The lowest BCUT2D eigenvalue weighted by atomic mass is 10.00. The number of nitrogens with zero attached hydrogens (tertiary/aromatic N) is 5. The summed E-state index contributed by atoms with van der Waals surface area (Å²) in [4.78, 5) is 20.0. The van der Waals surface area contributed by atoms with Crippen LogP contribution in [0.1, 0.15) is 0 Å². The van der Waals surface area contributed by atoms with Crippen molar-refractivity contribution in [2.45, 2.75) is 0 Å². The van der Waals surface area contributed by atoms with E-state index in [1.54, 1.807) is 0 Å². The van der Waals surface area contributed by atoms with Crippen molar-refractivity contribution < 1.29 is 0 Å². The monoisotopic (exact) mass is 651 g/mol. The number of benzene rings is 7. The topological polar surface area (TPSA) is 56.5 Å². The molecule has 0 atom stereocenters. The van der Waals surface area contributed by atoms with Crippen LogP contribution in [0.2, 0.25) is 0 Å². The van der Waals surface area contributed by atoms with Gasteiger partial charge in [0.15, 0.2) is 17.5 Å². The molecule has 5 heteroatoms. The normalized spacial score (nSPS) is 11.5. The Hall–Kier alpha value is -6.98. The lowest BCUT2D eigenvalue weighted by molar-refractivity contribution is 1.05. The fourth-order valence-electron chi connectivity index (χ4n) is 7.27. The van der Waals surface area contributed by atoms with Crippen molar-refractivity contribution in [2.24, 2.45) is 0 Å². The number of pyridine rings is 1. The van der Waals surface area contributed by atoms with Gasteiger partial charge in [-0.05, 0) is 56.9 Å². The van der Waals surface area contributed by atoms with Crippen LogP contribution in [0.15, 0.2) is 176 Å². The summed E-state index contributed by atoms with van der Waals surface area (Å²) in [6, 6.07) is 59.0. The first-order valence-electron chi connectivity index (χ1n) is 17.1. The average Bonchev–Trinajstić information content (AvgIpc) is 3.57. The van der Waals surface area contributed by atoms with E-state index in [1.165, 1.54) is 37.9 Å². The Labute approximate surface area is 294 Å². The van der Waals surface area contributed by atoms with Crippen LogP contribution in [0.3, 0.4) is 0 Å². The van der Waals surface area contributed by atoms with Gasteiger partial charge in [0.05, 0.1) is 11.0 Å². The highest BCUT2D eigenvalue weighted by Gasteiger charge is 2.19. The highest BCUT2D eigenvalue weighted by molar-refractivity contribution is 6.28. The highest BCUT2D eigenvalue weighted by atomic mass is 15.1. The number of hydrogen-bond donors (Lipinski definition) is 0. The van der Waals surface area contributed by atoms with Crippen molar-refractivity contribution in [3.63, 3.8) is 0 Å². The van der Waals surface area contributed by atoms with Crippen molar-refractivity contribution in [3.8, 4) is 51.1 Å². The van der Waals surface area contributed by atoms with E-state index >= 15 is 0 Å². The molecule has 0 aliphatic carbocycles. The van der Waals surface area contributed by atoms with Crippen molar-refractivity contribution in [2.75, 3.05) is 0 Å². The number of aromatic nitrogens is 5. The Morgan fingerprint density at radius 1 is 0.353 bits per heavy atom. The van der Waals surface area contributed by atoms with Crippen LogP contribution < -0.4 is 0 Å². The van der Waals surface area contributed by atoms with Gasteiger partial charge in [0, 0.05) is 33.7 Å². The predicted octanol–water partition coefficient (Wildman–Crippen LogP) is 11.3. The van der Waals surface area contributed by atoms with Gasteiger partial charge in [0.25, 0.3) is 0 Å². The highest BCUT2D eigenvalue weighted by Crippen LogP contribution is 2.40. The van der Waals surface area contributed by atoms with Gasteiger partial charge in [-0.25, -0.2) is 19.9 Å². The van der Waals surface area contributed by atoms with Crippen LogP contribution in [0, 0.1) is 0 Å². The molecule has 5 nitrogen and oxygen atoms in total. The molecule has 51 heavy (non-hydrogen) atoms. The maximum Gasteiger partial charge on any atom is 0.164 e. The zero-order valence-electron chi connectivity index (χ0n) is 27.5. The zero-order valence-corrected chi connectivity index (χ0v) is 27.5. The first kappa shape index (κ1) is 29.0. The third kappa shape index (κ3) is 4.94. The predicted molar refractivity (Wildman–Crippen MR) is 209 cm³/mol. The van der Waals surface area contributed by atoms with E-state index in [1.807, 2.05) is 48.7 Å². The Bertz CT molecular complexity index is 2800. The Morgan fingerprint density at radius 2 is 0.804 bits per heavy atom. The van der Waals surface area contributed by atoms with E-state index in [9.17, 15) is 0 Å². The average molecular weight is 652 g/mol. The van der Waals surface area contributed by atoms with Gasteiger partial charge in [-0.15, -0.1) is 0 Å². The number of fused-ring (bicyclic) bond motifs is 7. The number of rotatable bonds is 5. The molecule has 7 aromatic carbocycles. The molecule has 3 heterocycles. The van der Waals surface area contributed by atoms with E-state index in [2.05, 4.69) is 132 Å². The summed E-state index contributed by atoms with van der Waals surface area (Å²) in [5.74, 6) is 2.63. The van der Waals surface area contributed by atoms with Crippen LogP contribution in [0.4, 0.5) is 0 Å². The maximum atomic E-state index is 5.07. The molecule has 0 amide bonds. The van der Waals surface area contributed by atoms with Crippen molar-refractivity contribution in [1.82, 2.24) is 24.5 Å². The van der Waals surface area contributed by atoms with Crippen LogP contribution in [0.25, 0.3) is 94.5 Å². The molecule has 10 aromatic rings. The maximum absolute atomic E-state index is 5.07. The Kier molecular flexibility index (Phi) is 6.74. The molecule has 0 aliphatic rings. The van der Waals surface area contributed by atoms with Gasteiger partial charge < -0.3 is 0 Å². The molecule has 10 rings (SSSR count). The second-order valence-corrected chi connectivity index (χ2v) is 12.7. The minimum atomic E-state index is 0.589. The van der Waals surface area contributed by atoms with Crippen LogP contribution in [-0.4, -0.2) is 24.5 Å². The molecule has 0 spiro atoms. The molecule has 3 aromatic heterocycles. The molecule has 0 saturated heterocycles. The molecule has 0 saturated carbocycles. The molecule has 238 valence electrons. The molecular weight excluding hydrogens is 623 g/mol. The lowest BCUT2D eigenvalue weighted by Crippen LogP contribution is -2.02. The molecule has 0 N–H and O–H groups in total. The second-order valence-electron chi connectivity index (χ2n) is 12.7. The summed E-state index contributed by atoms with van der Waals surface area (Å²) in [5, 5.41) is 7.31. The zero-order chi connectivity index (χ0) is 33.7. The van der Waals surface area contributed by atoms with Gasteiger partial charge in [0.2, 0.25) is 0 Å². The third-order valence-corrected chi connectivity index (χ3v) is 9.70. The smallest absolute Gasteiger partial charge is 0.164 e. The summed E-state index contributed by atoms with van der Waals surface area (Å²) >= 11 is 0. The molecule has 0 unspecified atom stereocenters. The van der Waals surface area contributed by atoms with Crippen molar-refractivity contribution >= 4 is 43.4 Å². The van der Waals surface area contributed by atoms with E-state index < -0.39 is 0 Å². The SMILES string of the molecule is c1ccc(-c2ccc(-c3nc(-c4ccccc4)nc(-c4ccnc(-n5c6ccc7ccccc7c6c6c7ccccc7ccc65)c4)n3)cc2)cc1. The molecule has 0 bridgehead atoms. The van der Waals surface area contributed by atoms with Gasteiger partial charge in [-0.3, -0.25) is 4.57 Å². The molecule has 0 aliphatic heterocycles. The van der Waals surface area contributed by atoms with E-state index in [4.69, 9.17) is 19.9 Å². The van der Waals surface area contributed by atoms with Crippen molar-refractivity contribution in [1.29, 1.82) is 0 Å². The summed E-state index contributed by atoms with van der Waals surface area (Å²) in [6.45, 7) is 0. The lowest BCUT2D eigenvalue weighted by Gasteiger charge is -2.11. The fourth-order valence-corrected chi connectivity index (χ4v) is 7.27. The minimum absolute atomic E-state index is 0.589. The first-order chi connectivity index (χ1) is 25.3. The summed E-state index contributed by atoms with van der Waals surface area (Å²) in [6.07, 6.45) is 1.85. The van der Waals surface area contributed by atoms with Gasteiger partial charge >= 0.3 is 0 Å². The quantitative estimate of drug-likeness (QED) is 0.186. The fraction of sp³-hybridized carbons (Fsp3) is 0. The Morgan fingerprint density at radius 3 is 1.39 bits per heavy atom. The van der Waals surface area contributed by atoms with Gasteiger partial charge in [-0.1, -0.05) is 146 Å². The van der Waals surface area contributed by atoms with Crippen LogP contribution in [-0.2, 0) is 0 Å². The summed E-state index contributed by atoms with van der Waals surface area (Å²) < 4.78 is 2.27. The first-order valence-corrected chi connectivity index (χ1v) is 17.1. The second kappa shape index (κ2) is 11.9. The standard InChI is InChI=1S/C46H29N5/c1-3-11-30(12-4-1)31-19-21-35(22-20-31)45-48-44(34-15-5-2-6-16-34)49-46(50-45)36-27-28-47-41(29-36)51-39-25-23-32-13-7-9-17-37(32)42(39)43-38-18-10-8-14-33(38)24-26-40(43)51/h1-29H. The molecular formula is C46H29N5. The largest absolute Gasteiger partial charge is 0.294 e. The number of hydrogen-bond acceptors (Lipinski definition) is 4. The molecule has 0 radical (unpaired) electrons. The van der Waals surface area contributed by atoms with E-state index in [0.29, 0.717) is 17.5 Å².